The standard InChI is InChI=1S/C14H18F2O/c1-10(2)14(15,16)13-8-6-12(7-9-13)5-4-11(3)17/h6-10H,4-5H2,1-3H3. The normalized spacial score (nSPS) is 11.9. The van der Waals surface area contributed by atoms with E-state index in [1.807, 2.05) is 0 Å². The molecule has 17 heavy (non-hydrogen) atoms. The summed E-state index contributed by atoms with van der Waals surface area (Å²) in [6.07, 6.45) is 1.07. The Morgan fingerprint density at radius 3 is 2.18 bits per heavy atom. The Bertz CT molecular complexity index is 380. The minimum Gasteiger partial charge on any atom is -0.300 e. The van der Waals surface area contributed by atoms with Crippen LogP contribution in [0.3, 0.4) is 0 Å². The molecule has 0 atom stereocenters. The summed E-state index contributed by atoms with van der Waals surface area (Å²) in [6.45, 7) is 4.54. The molecule has 0 fully saturated rings. The van der Waals surface area contributed by atoms with Gasteiger partial charge in [-0.3, -0.25) is 0 Å². The molecule has 0 saturated heterocycles. The number of benzene rings is 1. The average molecular weight is 240 g/mol. The lowest BCUT2D eigenvalue weighted by molar-refractivity contribution is -0.116. The third-order valence-corrected chi connectivity index (χ3v) is 2.83. The monoisotopic (exact) mass is 240 g/mol. The molecule has 0 amide bonds. The van der Waals surface area contributed by atoms with Crippen molar-refractivity contribution in [1.29, 1.82) is 0 Å². The third-order valence-electron chi connectivity index (χ3n) is 2.83. The number of hydrogen-bond acceptors (Lipinski definition) is 1. The number of hydrogen-bond donors (Lipinski definition) is 0. The minimum atomic E-state index is -2.79. The molecule has 1 aromatic carbocycles. The van der Waals surface area contributed by atoms with Crippen LogP contribution in [0, 0.1) is 5.92 Å². The van der Waals surface area contributed by atoms with Crippen molar-refractivity contribution in [3.63, 3.8) is 0 Å². The summed E-state index contributed by atoms with van der Waals surface area (Å²) in [7, 11) is 0. The summed E-state index contributed by atoms with van der Waals surface area (Å²) in [4.78, 5) is 10.8. The first-order valence-corrected chi connectivity index (χ1v) is 5.80. The predicted octanol–water partition coefficient (Wildman–Crippen LogP) is 3.96. The van der Waals surface area contributed by atoms with E-state index in [9.17, 15) is 13.6 Å². The van der Waals surface area contributed by atoms with Crippen molar-refractivity contribution in [3.05, 3.63) is 35.4 Å². The maximum absolute atomic E-state index is 13.7. The molecule has 0 aliphatic carbocycles. The molecule has 0 aromatic heterocycles. The van der Waals surface area contributed by atoms with Gasteiger partial charge in [0.15, 0.2) is 0 Å². The zero-order valence-electron chi connectivity index (χ0n) is 10.5. The highest BCUT2D eigenvalue weighted by atomic mass is 19.3. The molecular formula is C14H18F2O. The van der Waals surface area contributed by atoms with Crippen molar-refractivity contribution in [2.75, 3.05) is 0 Å². The second kappa shape index (κ2) is 5.39. The molecular weight excluding hydrogens is 222 g/mol. The Balaban J connectivity index is 2.77. The molecule has 1 aromatic rings. The topological polar surface area (TPSA) is 17.1 Å². The van der Waals surface area contributed by atoms with Gasteiger partial charge in [0.05, 0.1) is 0 Å². The van der Waals surface area contributed by atoms with Crippen LogP contribution in [0.25, 0.3) is 0 Å². The van der Waals surface area contributed by atoms with Gasteiger partial charge in [-0.05, 0) is 18.9 Å². The van der Waals surface area contributed by atoms with Crippen molar-refractivity contribution in [2.24, 2.45) is 5.92 Å². The fourth-order valence-electron chi connectivity index (χ4n) is 1.55. The summed E-state index contributed by atoms with van der Waals surface area (Å²) >= 11 is 0. The van der Waals surface area contributed by atoms with Gasteiger partial charge in [-0.25, -0.2) is 8.78 Å². The molecule has 94 valence electrons. The van der Waals surface area contributed by atoms with Gasteiger partial charge >= 0.3 is 0 Å². The lowest BCUT2D eigenvalue weighted by Crippen LogP contribution is -2.20. The highest BCUT2D eigenvalue weighted by Gasteiger charge is 2.35. The van der Waals surface area contributed by atoms with E-state index in [4.69, 9.17) is 0 Å². The van der Waals surface area contributed by atoms with Gasteiger partial charge in [-0.15, -0.1) is 0 Å². The Labute approximate surface area is 101 Å². The van der Waals surface area contributed by atoms with Gasteiger partial charge in [0, 0.05) is 17.9 Å². The number of carbonyl (C=O) groups is 1. The first kappa shape index (κ1) is 13.8. The lowest BCUT2D eigenvalue weighted by Gasteiger charge is -2.20. The van der Waals surface area contributed by atoms with Gasteiger partial charge in [0.25, 0.3) is 5.92 Å². The number of alkyl halides is 2. The largest absolute Gasteiger partial charge is 0.300 e. The van der Waals surface area contributed by atoms with Crippen LogP contribution in [0.5, 0.6) is 0 Å². The van der Waals surface area contributed by atoms with Crippen LogP contribution >= 0.6 is 0 Å². The summed E-state index contributed by atoms with van der Waals surface area (Å²) in [6, 6.07) is 6.26. The Kier molecular flexibility index (Phi) is 4.38. The molecule has 1 rings (SSSR count). The first-order valence-electron chi connectivity index (χ1n) is 5.80. The van der Waals surface area contributed by atoms with Gasteiger partial charge in [-0.1, -0.05) is 38.1 Å². The maximum Gasteiger partial charge on any atom is 0.275 e. The molecule has 3 heteroatoms. The van der Waals surface area contributed by atoms with Gasteiger partial charge < -0.3 is 4.79 Å². The predicted molar refractivity (Wildman–Crippen MR) is 64.2 cm³/mol. The van der Waals surface area contributed by atoms with E-state index in [0.717, 1.165) is 5.56 Å². The average Bonchev–Trinajstić information content (AvgIpc) is 2.26. The molecule has 0 aliphatic heterocycles. The molecule has 1 nitrogen and oxygen atoms in total. The van der Waals surface area contributed by atoms with Crippen molar-refractivity contribution in [3.8, 4) is 0 Å². The second-order valence-electron chi connectivity index (χ2n) is 4.68. The van der Waals surface area contributed by atoms with Crippen molar-refractivity contribution in [2.45, 2.75) is 39.5 Å². The first-order chi connectivity index (χ1) is 7.84. The van der Waals surface area contributed by atoms with E-state index in [1.165, 1.54) is 32.9 Å². The molecule has 0 heterocycles. The van der Waals surface area contributed by atoms with Crippen LogP contribution in [-0.2, 0) is 17.1 Å². The van der Waals surface area contributed by atoms with Crippen molar-refractivity contribution in [1.82, 2.24) is 0 Å². The number of Topliss-reactive ketones (excluding diaryl/α,β-unsaturated/α-hetero) is 1. The van der Waals surface area contributed by atoms with Crippen molar-refractivity contribution >= 4 is 5.78 Å². The Hall–Kier alpha value is -1.25. The van der Waals surface area contributed by atoms with E-state index in [1.54, 1.807) is 12.1 Å². The molecule has 0 N–H and O–H groups in total. The highest BCUT2D eigenvalue weighted by molar-refractivity contribution is 5.75. The van der Waals surface area contributed by atoms with Crippen LogP contribution in [0.4, 0.5) is 8.78 Å². The molecule has 0 aliphatic rings. The molecule has 0 saturated carbocycles. The van der Waals surface area contributed by atoms with E-state index >= 15 is 0 Å². The maximum atomic E-state index is 13.7. The highest BCUT2D eigenvalue weighted by Crippen LogP contribution is 2.35. The lowest BCUT2D eigenvalue weighted by atomic mass is 9.96. The second-order valence-corrected chi connectivity index (χ2v) is 4.68. The van der Waals surface area contributed by atoms with Crippen LogP contribution in [0.15, 0.2) is 24.3 Å². The van der Waals surface area contributed by atoms with E-state index < -0.39 is 11.8 Å². The van der Waals surface area contributed by atoms with E-state index in [0.29, 0.717) is 12.8 Å². The number of rotatable bonds is 5. The zero-order valence-corrected chi connectivity index (χ0v) is 10.5. The Morgan fingerprint density at radius 1 is 1.24 bits per heavy atom. The summed E-state index contributed by atoms with van der Waals surface area (Å²) in [5, 5.41) is 0. The fraction of sp³-hybridized carbons (Fsp3) is 0.500. The molecule has 0 unspecified atom stereocenters. The van der Waals surface area contributed by atoms with Crippen LogP contribution in [-0.4, -0.2) is 5.78 Å². The quantitative estimate of drug-likeness (QED) is 0.761. The number of carbonyl (C=O) groups excluding carboxylic acids is 1. The van der Waals surface area contributed by atoms with Crippen LogP contribution < -0.4 is 0 Å². The molecule has 0 radical (unpaired) electrons. The SMILES string of the molecule is CC(=O)CCc1ccc(C(F)(F)C(C)C)cc1. The number of ketones is 1. The van der Waals surface area contributed by atoms with Gasteiger partial charge in [0.2, 0.25) is 0 Å². The van der Waals surface area contributed by atoms with E-state index in [2.05, 4.69) is 0 Å². The summed E-state index contributed by atoms with van der Waals surface area (Å²) in [5.74, 6) is -3.40. The summed E-state index contributed by atoms with van der Waals surface area (Å²) < 4.78 is 27.3. The van der Waals surface area contributed by atoms with Gasteiger partial charge in [0.1, 0.15) is 5.78 Å². The molecule has 0 bridgehead atoms. The number of halogens is 2. The zero-order chi connectivity index (χ0) is 13.1. The third kappa shape index (κ3) is 3.62. The Morgan fingerprint density at radius 2 is 1.76 bits per heavy atom. The smallest absolute Gasteiger partial charge is 0.275 e. The molecule has 0 spiro atoms. The number of aryl methyl sites for hydroxylation is 1. The van der Waals surface area contributed by atoms with Gasteiger partial charge in [-0.2, -0.15) is 0 Å². The van der Waals surface area contributed by atoms with Crippen LogP contribution in [0.2, 0.25) is 0 Å². The van der Waals surface area contributed by atoms with Crippen molar-refractivity contribution < 1.29 is 13.6 Å². The van der Waals surface area contributed by atoms with E-state index in [-0.39, 0.29) is 11.3 Å². The fourth-order valence-corrected chi connectivity index (χ4v) is 1.55. The summed E-state index contributed by atoms with van der Waals surface area (Å²) in [5.41, 5.74) is 0.961. The minimum absolute atomic E-state index is 0.0408. The van der Waals surface area contributed by atoms with Crippen LogP contribution in [0.1, 0.15) is 38.3 Å².